The van der Waals surface area contributed by atoms with E-state index >= 15 is 0 Å². The molecule has 4 rings (SSSR count). The third kappa shape index (κ3) is 4.26. The number of hydrogen-bond acceptors (Lipinski definition) is 3. The van der Waals surface area contributed by atoms with Crippen molar-refractivity contribution in [3.8, 4) is 0 Å². The maximum Gasteiger partial charge on any atom is 0.228 e. The first kappa shape index (κ1) is 20.6. The molecule has 2 aromatic carbocycles. The molecule has 2 amide bonds. The van der Waals surface area contributed by atoms with Crippen LogP contribution in [-0.4, -0.2) is 16.9 Å². The van der Waals surface area contributed by atoms with E-state index in [-0.39, 0.29) is 34.5 Å². The molecule has 2 aromatic rings. The van der Waals surface area contributed by atoms with E-state index in [1.165, 1.54) is 0 Å². The Labute approximate surface area is 177 Å². The first-order chi connectivity index (χ1) is 14.1. The molecule has 2 aliphatic rings. The molecule has 3 N–H and O–H groups in total. The molecule has 5 nitrogen and oxygen atoms in total. The zero-order valence-corrected chi connectivity index (χ0v) is 18.0. The minimum absolute atomic E-state index is 0.0560. The van der Waals surface area contributed by atoms with Crippen molar-refractivity contribution < 1.29 is 14.7 Å². The van der Waals surface area contributed by atoms with Crippen LogP contribution in [0.15, 0.2) is 48.5 Å². The Morgan fingerprint density at radius 3 is 1.33 bits per heavy atom. The summed E-state index contributed by atoms with van der Waals surface area (Å²) in [5, 5.41) is 16.6. The smallest absolute Gasteiger partial charge is 0.228 e. The van der Waals surface area contributed by atoms with Crippen LogP contribution in [0, 0.1) is 22.7 Å². The summed E-state index contributed by atoms with van der Waals surface area (Å²) in [6, 6.07) is 14.6. The van der Waals surface area contributed by atoms with E-state index < -0.39 is 6.10 Å². The Hall–Kier alpha value is -2.66. The molecular formula is C25H30N2O3. The maximum absolute atomic E-state index is 12.2. The summed E-state index contributed by atoms with van der Waals surface area (Å²) in [4.78, 5) is 24.5. The fourth-order valence-electron chi connectivity index (χ4n) is 3.98. The average Bonchev–Trinajstić information content (AvgIpc) is 3.55. The highest BCUT2D eigenvalue weighted by Crippen LogP contribution is 2.52. The van der Waals surface area contributed by atoms with Crippen molar-refractivity contribution in [3.05, 3.63) is 59.7 Å². The molecule has 2 atom stereocenters. The van der Waals surface area contributed by atoms with Crippen molar-refractivity contribution in [3.63, 3.8) is 0 Å². The third-order valence-corrected chi connectivity index (χ3v) is 6.65. The molecule has 2 fully saturated rings. The molecule has 0 radical (unpaired) electrons. The van der Waals surface area contributed by atoms with E-state index in [2.05, 4.69) is 38.3 Å². The van der Waals surface area contributed by atoms with Crippen molar-refractivity contribution in [1.82, 2.24) is 0 Å². The summed E-state index contributed by atoms with van der Waals surface area (Å²) < 4.78 is 0. The second-order valence-corrected chi connectivity index (χ2v) is 10.1. The fraction of sp³-hybridized carbons (Fsp3) is 0.440. The van der Waals surface area contributed by atoms with Gasteiger partial charge in [0.1, 0.15) is 6.10 Å². The average molecular weight is 407 g/mol. The fourth-order valence-corrected chi connectivity index (χ4v) is 3.98. The SMILES string of the molecule is CC1(C)CC1C(=O)Nc1ccc(C(O)c2ccc(NC(=O)C3CC3(C)C)cc2)cc1. The molecule has 0 bridgehead atoms. The van der Waals surface area contributed by atoms with Crippen LogP contribution in [-0.2, 0) is 9.59 Å². The summed E-state index contributed by atoms with van der Waals surface area (Å²) in [5.74, 6) is 0.265. The van der Waals surface area contributed by atoms with E-state index in [1.54, 1.807) is 0 Å². The lowest BCUT2D eigenvalue weighted by molar-refractivity contribution is -0.118. The quantitative estimate of drug-likeness (QED) is 0.648. The summed E-state index contributed by atoms with van der Waals surface area (Å²) in [5.41, 5.74) is 3.16. The monoisotopic (exact) mass is 406 g/mol. The second-order valence-electron chi connectivity index (χ2n) is 10.1. The van der Waals surface area contributed by atoms with Crippen LogP contribution in [0.25, 0.3) is 0 Å². The van der Waals surface area contributed by atoms with Gasteiger partial charge in [-0.25, -0.2) is 0 Å². The molecule has 2 aliphatic carbocycles. The van der Waals surface area contributed by atoms with Gasteiger partial charge in [-0.1, -0.05) is 52.0 Å². The molecule has 0 saturated heterocycles. The van der Waals surface area contributed by atoms with E-state index in [0.717, 1.165) is 35.3 Å². The number of carbonyl (C=O) groups excluding carboxylic acids is 2. The van der Waals surface area contributed by atoms with E-state index in [4.69, 9.17) is 0 Å². The van der Waals surface area contributed by atoms with Gasteiger partial charge < -0.3 is 15.7 Å². The number of aliphatic hydroxyl groups excluding tert-OH is 1. The Balaban J connectivity index is 1.35. The van der Waals surface area contributed by atoms with Crippen LogP contribution in [0.4, 0.5) is 11.4 Å². The van der Waals surface area contributed by atoms with Gasteiger partial charge in [0.15, 0.2) is 0 Å². The minimum Gasteiger partial charge on any atom is -0.384 e. The Morgan fingerprint density at radius 2 is 1.07 bits per heavy atom. The van der Waals surface area contributed by atoms with E-state index in [1.807, 2.05) is 48.5 Å². The van der Waals surface area contributed by atoms with Gasteiger partial charge in [-0.05, 0) is 59.1 Å². The highest BCUT2D eigenvalue weighted by molar-refractivity contribution is 5.95. The first-order valence-corrected chi connectivity index (χ1v) is 10.6. The number of nitrogens with one attached hydrogen (secondary N) is 2. The number of carbonyl (C=O) groups is 2. The van der Waals surface area contributed by atoms with Crippen molar-refractivity contribution in [2.75, 3.05) is 10.6 Å². The van der Waals surface area contributed by atoms with Crippen molar-refractivity contribution >= 4 is 23.2 Å². The largest absolute Gasteiger partial charge is 0.384 e. The Kier molecular flexibility index (Phi) is 4.97. The lowest BCUT2D eigenvalue weighted by Gasteiger charge is -2.14. The number of benzene rings is 2. The first-order valence-electron chi connectivity index (χ1n) is 10.6. The zero-order valence-electron chi connectivity index (χ0n) is 18.0. The Bertz CT molecular complexity index is 881. The molecule has 0 aliphatic heterocycles. The summed E-state index contributed by atoms with van der Waals surface area (Å²) in [6.45, 7) is 8.39. The highest BCUT2D eigenvalue weighted by Gasteiger charge is 2.51. The van der Waals surface area contributed by atoms with Gasteiger partial charge in [0.2, 0.25) is 11.8 Å². The molecule has 2 saturated carbocycles. The van der Waals surface area contributed by atoms with Crippen LogP contribution in [0.2, 0.25) is 0 Å². The van der Waals surface area contributed by atoms with Crippen LogP contribution in [0.5, 0.6) is 0 Å². The van der Waals surface area contributed by atoms with Gasteiger partial charge in [0, 0.05) is 23.2 Å². The lowest BCUT2D eigenvalue weighted by atomic mass is 10.0. The van der Waals surface area contributed by atoms with Crippen LogP contribution in [0.1, 0.15) is 57.8 Å². The summed E-state index contributed by atoms with van der Waals surface area (Å²) >= 11 is 0. The normalized spacial score (nSPS) is 23.9. The van der Waals surface area contributed by atoms with Gasteiger partial charge in [-0.15, -0.1) is 0 Å². The highest BCUT2D eigenvalue weighted by atomic mass is 16.3. The third-order valence-electron chi connectivity index (χ3n) is 6.65. The van der Waals surface area contributed by atoms with Crippen LogP contribution in [0.3, 0.4) is 0 Å². The zero-order chi connectivity index (χ0) is 21.7. The van der Waals surface area contributed by atoms with Gasteiger partial charge >= 0.3 is 0 Å². The molecule has 2 unspecified atom stereocenters. The predicted molar refractivity (Wildman–Crippen MR) is 118 cm³/mol. The minimum atomic E-state index is -0.774. The number of hydrogen-bond donors (Lipinski definition) is 3. The topological polar surface area (TPSA) is 78.4 Å². The molecule has 5 heteroatoms. The lowest BCUT2D eigenvalue weighted by Crippen LogP contribution is -2.16. The molecule has 30 heavy (non-hydrogen) atoms. The van der Waals surface area contributed by atoms with Gasteiger partial charge in [0.25, 0.3) is 0 Å². The van der Waals surface area contributed by atoms with Gasteiger partial charge in [-0.3, -0.25) is 9.59 Å². The number of aliphatic hydroxyl groups is 1. The summed E-state index contributed by atoms with van der Waals surface area (Å²) in [6.07, 6.45) is 1.07. The van der Waals surface area contributed by atoms with Gasteiger partial charge in [0.05, 0.1) is 0 Å². The molecule has 158 valence electrons. The summed E-state index contributed by atoms with van der Waals surface area (Å²) in [7, 11) is 0. The molecular weight excluding hydrogens is 376 g/mol. The Morgan fingerprint density at radius 1 is 0.767 bits per heavy atom. The molecule has 0 heterocycles. The maximum atomic E-state index is 12.2. The number of amides is 2. The standard InChI is InChI=1S/C25H30N2O3/c1-24(2)13-19(24)22(29)26-17-9-5-15(6-10-17)21(28)16-7-11-18(12-8-16)27-23(30)20-14-25(20,3)4/h5-12,19-21,28H,13-14H2,1-4H3,(H,26,29)(H,27,30). The van der Waals surface area contributed by atoms with Crippen molar-refractivity contribution in [2.45, 2.75) is 46.6 Å². The van der Waals surface area contributed by atoms with Crippen LogP contribution >= 0.6 is 0 Å². The number of anilines is 2. The van der Waals surface area contributed by atoms with Gasteiger partial charge in [-0.2, -0.15) is 0 Å². The van der Waals surface area contributed by atoms with Crippen molar-refractivity contribution in [2.24, 2.45) is 22.7 Å². The number of rotatable bonds is 6. The van der Waals surface area contributed by atoms with Crippen molar-refractivity contribution in [1.29, 1.82) is 0 Å². The van der Waals surface area contributed by atoms with E-state index in [0.29, 0.717) is 0 Å². The molecule has 0 aromatic heterocycles. The van der Waals surface area contributed by atoms with E-state index in [9.17, 15) is 14.7 Å². The second kappa shape index (κ2) is 7.24. The predicted octanol–water partition coefficient (Wildman–Crippen LogP) is 4.74. The molecule has 0 spiro atoms. The van der Waals surface area contributed by atoms with Crippen LogP contribution < -0.4 is 10.6 Å².